The molecule has 0 saturated carbocycles. The number of carbonyl (C=O) groups is 1. The standard InChI is InChI=1S/C12H10O3.C10H9N/c1-14-11-7-6-9-4-2-3-5-10(9)12(11)15-8-13;11-10-7-3-5-8-4-1-2-6-9(8)10/h2-8H,1H3;1-7H,11H2. The molecule has 130 valence electrons. The molecule has 0 heterocycles. The number of hydrogen-bond acceptors (Lipinski definition) is 4. The predicted molar refractivity (Wildman–Crippen MR) is 106 cm³/mol. The zero-order valence-corrected chi connectivity index (χ0v) is 14.4. The largest absolute Gasteiger partial charge is 0.493 e. The maximum absolute atomic E-state index is 10.4. The van der Waals surface area contributed by atoms with Gasteiger partial charge < -0.3 is 15.2 Å². The summed E-state index contributed by atoms with van der Waals surface area (Å²) in [6, 6.07) is 25.4. The Morgan fingerprint density at radius 1 is 0.769 bits per heavy atom. The van der Waals surface area contributed by atoms with Crippen LogP contribution < -0.4 is 15.2 Å². The molecule has 4 nitrogen and oxygen atoms in total. The number of rotatable bonds is 3. The Kier molecular flexibility index (Phi) is 5.34. The van der Waals surface area contributed by atoms with Gasteiger partial charge in [0.2, 0.25) is 0 Å². The minimum absolute atomic E-state index is 0.407. The van der Waals surface area contributed by atoms with Gasteiger partial charge in [-0.05, 0) is 22.9 Å². The molecule has 4 heteroatoms. The minimum Gasteiger partial charge on any atom is -0.493 e. The van der Waals surface area contributed by atoms with E-state index in [1.54, 1.807) is 13.2 Å². The third-order valence-electron chi connectivity index (χ3n) is 4.05. The summed E-state index contributed by atoms with van der Waals surface area (Å²) in [6.45, 7) is 0.407. The van der Waals surface area contributed by atoms with E-state index in [1.165, 1.54) is 5.39 Å². The molecule has 0 unspecified atom stereocenters. The topological polar surface area (TPSA) is 61.5 Å². The van der Waals surface area contributed by atoms with E-state index in [4.69, 9.17) is 15.2 Å². The first kappa shape index (κ1) is 17.3. The lowest BCUT2D eigenvalue weighted by molar-refractivity contribution is -0.120. The van der Waals surface area contributed by atoms with Crippen molar-refractivity contribution < 1.29 is 14.3 Å². The molecule has 4 aromatic carbocycles. The number of hydrogen-bond donors (Lipinski definition) is 1. The molecular formula is C22H19NO3. The van der Waals surface area contributed by atoms with Gasteiger partial charge in [-0.1, -0.05) is 66.7 Å². The summed E-state index contributed by atoms with van der Waals surface area (Å²) in [5.74, 6) is 1.02. The highest BCUT2D eigenvalue weighted by Gasteiger charge is 2.08. The fourth-order valence-electron chi connectivity index (χ4n) is 2.80. The molecule has 0 aliphatic rings. The molecule has 4 aromatic rings. The molecular weight excluding hydrogens is 326 g/mol. The summed E-state index contributed by atoms with van der Waals surface area (Å²) < 4.78 is 10.1. The van der Waals surface area contributed by atoms with Crippen molar-refractivity contribution in [2.45, 2.75) is 0 Å². The average Bonchev–Trinajstić information content (AvgIpc) is 2.69. The van der Waals surface area contributed by atoms with E-state index in [0.717, 1.165) is 21.8 Å². The molecule has 0 saturated heterocycles. The summed E-state index contributed by atoms with van der Waals surface area (Å²) in [5.41, 5.74) is 6.61. The molecule has 0 fully saturated rings. The first-order valence-corrected chi connectivity index (χ1v) is 8.14. The van der Waals surface area contributed by atoms with Crippen molar-refractivity contribution in [3.05, 3.63) is 78.9 Å². The number of fused-ring (bicyclic) bond motifs is 2. The fourth-order valence-corrected chi connectivity index (χ4v) is 2.80. The highest BCUT2D eigenvalue weighted by Crippen LogP contribution is 2.34. The van der Waals surface area contributed by atoms with Crippen molar-refractivity contribution in [1.29, 1.82) is 0 Å². The molecule has 0 bridgehead atoms. The van der Waals surface area contributed by atoms with Crippen LogP contribution in [0.3, 0.4) is 0 Å². The summed E-state index contributed by atoms with van der Waals surface area (Å²) >= 11 is 0. The lowest BCUT2D eigenvalue weighted by Crippen LogP contribution is -1.94. The van der Waals surface area contributed by atoms with Crippen LogP contribution in [-0.4, -0.2) is 13.6 Å². The van der Waals surface area contributed by atoms with Crippen molar-refractivity contribution in [2.24, 2.45) is 0 Å². The third kappa shape index (κ3) is 3.59. The van der Waals surface area contributed by atoms with Crippen LogP contribution >= 0.6 is 0 Å². The van der Waals surface area contributed by atoms with Crippen LogP contribution in [0, 0.1) is 0 Å². The summed E-state index contributed by atoms with van der Waals surface area (Å²) in [4.78, 5) is 10.4. The van der Waals surface area contributed by atoms with E-state index >= 15 is 0 Å². The molecule has 2 N–H and O–H groups in total. The maximum atomic E-state index is 10.4. The quantitative estimate of drug-likeness (QED) is 0.428. The van der Waals surface area contributed by atoms with Gasteiger partial charge in [-0.2, -0.15) is 0 Å². The molecule has 4 rings (SSSR count). The van der Waals surface area contributed by atoms with Crippen LogP contribution in [0.15, 0.2) is 78.9 Å². The van der Waals surface area contributed by atoms with Crippen LogP contribution in [-0.2, 0) is 4.79 Å². The normalized spacial score (nSPS) is 10.0. The van der Waals surface area contributed by atoms with E-state index in [0.29, 0.717) is 18.0 Å². The van der Waals surface area contributed by atoms with Crippen LogP contribution in [0.1, 0.15) is 0 Å². The van der Waals surface area contributed by atoms with Crippen LogP contribution in [0.2, 0.25) is 0 Å². The van der Waals surface area contributed by atoms with E-state index in [2.05, 4.69) is 12.1 Å². The molecule has 0 aliphatic carbocycles. The Labute approximate surface area is 151 Å². The lowest BCUT2D eigenvalue weighted by Gasteiger charge is -2.08. The molecule has 0 aromatic heterocycles. The smallest absolute Gasteiger partial charge is 0.298 e. The number of nitrogens with two attached hydrogens (primary N) is 1. The lowest BCUT2D eigenvalue weighted by atomic mass is 10.1. The second kappa shape index (κ2) is 8.03. The second-order valence-electron chi connectivity index (χ2n) is 5.60. The van der Waals surface area contributed by atoms with E-state index in [9.17, 15) is 4.79 Å². The predicted octanol–water partition coefficient (Wildman–Crippen LogP) is 4.81. The van der Waals surface area contributed by atoms with Crippen LogP contribution in [0.4, 0.5) is 5.69 Å². The number of benzene rings is 4. The average molecular weight is 345 g/mol. The van der Waals surface area contributed by atoms with Gasteiger partial charge in [-0.25, -0.2) is 0 Å². The molecule has 0 atom stereocenters. The van der Waals surface area contributed by atoms with E-state index < -0.39 is 0 Å². The van der Waals surface area contributed by atoms with Crippen LogP contribution in [0.5, 0.6) is 11.5 Å². The summed E-state index contributed by atoms with van der Waals surface area (Å²) in [6.07, 6.45) is 0. The van der Waals surface area contributed by atoms with Gasteiger partial charge in [0, 0.05) is 16.5 Å². The first-order chi connectivity index (χ1) is 12.7. The first-order valence-electron chi connectivity index (χ1n) is 8.14. The Morgan fingerprint density at radius 3 is 2.04 bits per heavy atom. The number of nitrogen functional groups attached to an aromatic ring is 1. The van der Waals surface area contributed by atoms with Crippen molar-refractivity contribution in [2.75, 3.05) is 12.8 Å². The molecule has 26 heavy (non-hydrogen) atoms. The molecule has 0 amide bonds. The Morgan fingerprint density at radius 2 is 1.38 bits per heavy atom. The molecule has 0 spiro atoms. The van der Waals surface area contributed by atoms with Gasteiger partial charge in [0.15, 0.2) is 11.5 Å². The fraction of sp³-hybridized carbons (Fsp3) is 0.0455. The zero-order chi connectivity index (χ0) is 18.4. The van der Waals surface area contributed by atoms with Gasteiger partial charge in [0.05, 0.1) is 7.11 Å². The van der Waals surface area contributed by atoms with Gasteiger partial charge in [0.25, 0.3) is 6.47 Å². The van der Waals surface area contributed by atoms with Crippen molar-refractivity contribution in [3.8, 4) is 11.5 Å². The Hall–Kier alpha value is -3.53. The number of ether oxygens (including phenoxy) is 2. The Bertz CT molecular complexity index is 1040. The SMILES string of the molecule is COc1ccc2ccccc2c1OC=O.Nc1cccc2ccccc12. The van der Waals surface area contributed by atoms with Crippen molar-refractivity contribution >= 4 is 33.7 Å². The van der Waals surface area contributed by atoms with E-state index in [-0.39, 0.29) is 0 Å². The summed E-state index contributed by atoms with van der Waals surface area (Å²) in [7, 11) is 1.54. The van der Waals surface area contributed by atoms with E-state index in [1.807, 2.05) is 60.7 Å². The molecule has 0 aliphatic heterocycles. The summed E-state index contributed by atoms with van der Waals surface area (Å²) in [5, 5.41) is 4.21. The number of carbonyl (C=O) groups excluding carboxylic acids is 1. The molecule has 0 radical (unpaired) electrons. The highest BCUT2D eigenvalue weighted by molar-refractivity contribution is 5.93. The van der Waals surface area contributed by atoms with Crippen molar-refractivity contribution in [3.63, 3.8) is 0 Å². The Balaban J connectivity index is 0.000000158. The second-order valence-corrected chi connectivity index (χ2v) is 5.60. The maximum Gasteiger partial charge on any atom is 0.298 e. The van der Waals surface area contributed by atoms with Gasteiger partial charge in [-0.15, -0.1) is 0 Å². The number of anilines is 1. The van der Waals surface area contributed by atoms with Gasteiger partial charge in [0.1, 0.15) is 0 Å². The highest BCUT2D eigenvalue weighted by atomic mass is 16.5. The number of methoxy groups -OCH3 is 1. The van der Waals surface area contributed by atoms with Crippen molar-refractivity contribution in [1.82, 2.24) is 0 Å². The zero-order valence-electron chi connectivity index (χ0n) is 14.4. The minimum atomic E-state index is 0.407. The third-order valence-corrected chi connectivity index (χ3v) is 4.05. The monoisotopic (exact) mass is 345 g/mol. The van der Waals surface area contributed by atoms with Crippen LogP contribution in [0.25, 0.3) is 21.5 Å². The van der Waals surface area contributed by atoms with Gasteiger partial charge >= 0.3 is 0 Å². The van der Waals surface area contributed by atoms with Gasteiger partial charge in [-0.3, -0.25) is 4.79 Å².